The minimum absolute atomic E-state index is 0.529. The molecular weight excluding hydrogens is 124 g/mol. The van der Waals surface area contributed by atoms with Crippen molar-refractivity contribution in [2.45, 2.75) is 26.2 Å². The summed E-state index contributed by atoms with van der Waals surface area (Å²) in [7, 11) is 0. The first kappa shape index (κ1) is 7.39. The summed E-state index contributed by atoms with van der Waals surface area (Å²) in [5, 5.41) is 9.12. The quantitative estimate of drug-likeness (QED) is 0.622. The van der Waals surface area contributed by atoms with Gasteiger partial charge in [-0.1, -0.05) is 25.5 Å². The molecule has 0 aliphatic heterocycles. The zero-order chi connectivity index (χ0) is 7.40. The molecule has 10 heavy (non-hydrogen) atoms. The Morgan fingerprint density at radius 1 is 1.70 bits per heavy atom. The third-order valence-electron chi connectivity index (χ3n) is 1.80. The molecule has 1 atom stereocenters. The first-order valence-electron chi connectivity index (χ1n) is 3.89. The molecule has 0 aromatic rings. The maximum absolute atomic E-state index is 9.12. The number of allylic oxidation sites excluding steroid dienone is 4. The predicted molar refractivity (Wildman–Crippen MR) is 42.9 cm³/mol. The first-order valence-corrected chi connectivity index (χ1v) is 3.89. The lowest BCUT2D eigenvalue weighted by Gasteiger charge is -2.13. The van der Waals surface area contributed by atoms with Crippen molar-refractivity contribution in [3.63, 3.8) is 0 Å². The highest BCUT2D eigenvalue weighted by Crippen LogP contribution is 2.20. The molecule has 1 aliphatic rings. The van der Waals surface area contributed by atoms with Gasteiger partial charge < -0.3 is 5.11 Å². The van der Waals surface area contributed by atoms with Crippen LogP contribution in [0.25, 0.3) is 0 Å². The highest BCUT2D eigenvalue weighted by molar-refractivity contribution is 5.14. The summed E-state index contributed by atoms with van der Waals surface area (Å²) in [5.41, 5.74) is 0. The Labute approximate surface area is 62.1 Å². The molecule has 0 amide bonds. The Morgan fingerprint density at radius 2 is 2.50 bits per heavy atom. The highest BCUT2D eigenvalue weighted by atomic mass is 16.3. The second-order valence-electron chi connectivity index (χ2n) is 2.80. The van der Waals surface area contributed by atoms with Gasteiger partial charge in [0, 0.05) is 6.42 Å². The van der Waals surface area contributed by atoms with Crippen molar-refractivity contribution in [1.29, 1.82) is 0 Å². The summed E-state index contributed by atoms with van der Waals surface area (Å²) in [6.45, 7) is 2.17. The minimum atomic E-state index is 0.529. The highest BCUT2D eigenvalue weighted by Gasteiger charge is 2.08. The minimum Gasteiger partial charge on any atom is -0.512 e. The molecule has 1 aliphatic carbocycles. The molecule has 0 saturated carbocycles. The van der Waals surface area contributed by atoms with Crippen LogP contribution in [0.15, 0.2) is 24.0 Å². The van der Waals surface area contributed by atoms with Crippen molar-refractivity contribution in [1.82, 2.24) is 0 Å². The predicted octanol–water partition coefficient (Wildman–Crippen LogP) is 2.80. The summed E-state index contributed by atoms with van der Waals surface area (Å²) in [6.07, 6.45) is 9.11. The Kier molecular flexibility index (Phi) is 2.55. The number of aliphatic hydroxyl groups excluding tert-OH is 1. The third-order valence-corrected chi connectivity index (χ3v) is 1.80. The summed E-state index contributed by atoms with van der Waals surface area (Å²) in [6, 6.07) is 0. The Balaban J connectivity index is 2.39. The van der Waals surface area contributed by atoms with Crippen LogP contribution >= 0.6 is 0 Å². The molecule has 0 aromatic heterocycles. The van der Waals surface area contributed by atoms with Gasteiger partial charge in [0.15, 0.2) is 0 Å². The van der Waals surface area contributed by atoms with E-state index in [9.17, 15) is 0 Å². The first-order chi connectivity index (χ1) is 4.83. The number of hydrogen-bond acceptors (Lipinski definition) is 1. The zero-order valence-electron chi connectivity index (χ0n) is 6.38. The van der Waals surface area contributed by atoms with E-state index in [2.05, 4.69) is 13.0 Å². The lowest BCUT2D eigenvalue weighted by molar-refractivity contribution is 0.357. The van der Waals surface area contributed by atoms with Crippen LogP contribution in [0.5, 0.6) is 0 Å². The van der Waals surface area contributed by atoms with Crippen LogP contribution in [0.2, 0.25) is 0 Å². The summed E-state index contributed by atoms with van der Waals surface area (Å²) in [5.74, 6) is 1.11. The number of rotatable bonds is 2. The van der Waals surface area contributed by atoms with Gasteiger partial charge in [0.05, 0.1) is 5.76 Å². The maximum Gasteiger partial charge on any atom is 0.0928 e. The van der Waals surface area contributed by atoms with Crippen LogP contribution in [0, 0.1) is 5.92 Å². The Hall–Kier alpha value is -0.720. The molecule has 1 rings (SSSR count). The monoisotopic (exact) mass is 138 g/mol. The van der Waals surface area contributed by atoms with Crippen molar-refractivity contribution in [2.75, 3.05) is 0 Å². The summed E-state index contributed by atoms with van der Waals surface area (Å²) < 4.78 is 0. The third kappa shape index (κ3) is 1.90. The smallest absolute Gasteiger partial charge is 0.0928 e. The van der Waals surface area contributed by atoms with Crippen molar-refractivity contribution >= 4 is 0 Å². The average Bonchev–Trinajstić information content (AvgIpc) is 1.88. The molecule has 0 bridgehead atoms. The summed E-state index contributed by atoms with van der Waals surface area (Å²) >= 11 is 0. The average molecular weight is 138 g/mol. The lowest BCUT2D eigenvalue weighted by Crippen LogP contribution is -2.00. The molecule has 0 fully saturated rings. The van der Waals surface area contributed by atoms with E-state index in [0.29, 0.717) is 11.7 Å². The van der Waals surface area contributed by atoms with E-state index < -0.39 is 0 Å². The van der Waals surface area contributed by atoms with Crippen LogP contribution in [0.3, 0.4) is 0 Å². The normalized spacial score (nSPS) is 24.5. The van der Waals surface area contributed by atoms with Gasteiger partial charge >= 0.3 is 0 Å². The lowest BCUT2D eigenvalue weighted by atomic mass is 9.95. The van der Waals surface area contributed by atoms with Gasteiger partial charge in [-0.15, -0.1) is 0 Å². The molecule has 56 valence electrons. The van der Waals surface area contributed by atoms with E-state index in [1.165, 1.54) is 12.8 Å². The van der Waals surface area contributed by atoms with E-state index in [4.69, 9.17) is 5.11 Å². The van der Waals surface area contributed by atoms with Crippen LogP contribution in [0.4, 0.5) is 0 Å². The van der Waals surface area contributed by atoms with E-state index >= 15 is 0 Å². The van der Waals surface area contributed by atoms with Gasteiger partial charge in [0.25, 0.3) is 0 Å². The van der Waals surface area contributed by atoms with Crippen LogP contribution in [-0.4, -0.2) is 5.11 Å². The van der Waals surface area contributed by atoms with Gasteiger partial charge in [-0.3, -0.25) is 0 Å². The largest absolute Gasteiger partial charge is 0.512 e. The van der Waals surface area contributed by atoms with Crippen LogP contribution < -0.4 is 0 Å². The SMILES string of the molecule is CCCC1C=CC=C(O)C1. The molecule has 1 N–H and O–H groups in total. The molecule has 0 saturated heterocycles. The van der Waals surface area contributed by atoms with Crippen molar-refractivity contribution in [3.05, 3.63) is 24.0 Å². The fourth-order valence-electron chi connectivity index (χ4n) is 1.30. The fourth-order valence-corrected chi connectivity index (χ4v) is 1.30. The van der Waals surface area contributed by atoms with E-state index in [1.54, 1.807) is 6.08 Å². The van der Waals surface area contributed by atoms with Crippen LogP contribution in [0.1, 0.15) is 26.2 Å². The summed E-state index contributed by atoms with van der Waals surface area (Å²) in [4.78, 5) is 0. The molecule has 0 radical (unpaired) electrons. The van der Waals surface area contributed by atoms with E-state index in [0.717, 1.165) is 6.42 Å². The molecule has 0 spiro atoms. The maximum atomic E-state index is 9.12. The fraction of sp³-hybridized carbons (Fsp3) is 0.556. The van der Waals surface area contributed by atoms with Crippen LogP contribution in [-0.2, 0) is 0 Å². The second kappa shape index (κ2) is 3.45. The molecule has 0 heterocycles. The molecule has 1 nitrogen and oxygen atoms in total. The molecule has 0 aromatic carbocycles. The van der Waals surface area contributed by atoms with E-state index in [-0.39, 0.29) is 0 Å². The topological polar surface area (TPSA) is 20.2 Å². The Bertz CT molecular complexity index is 156. The number of hydrogen-bond donors (Lipinski definition) is 1. The van der Waals surface area contributed by atoms with Gasteiger partial charge in [-0.25, -0.2) is 0 Å². The van der Waals surface area contributed by atoms with Gasteiger partial charge in [-0.05, 0) is 18.4 Å². The standard InChI is InChI=1S/C9H14O/c1-2-4-8-5-3-6-9(10)7-8/h3,5-6,8,10H,2,4,7H2,1H3. The second-order valence-corrected chi connectivity index (χ2v) is 2.80. The van der Waals surface area contributed by atoms with E-state index in [1.807, 2.05) is 6.08 Å². The van der Waals surface area contributed by atoms with Crippen molar-refractivity contribution in [3.8, 4) is 0 Å². The molecule has 1 unspecified atom stereocenters. The van der Waals surface area contributed by atoms with Gasteiger partial charge in [-0.2, -0.15) is 0 Å². The molecular formula is C9H14O. The van der Waals surface area contributed by atoms with Crippen molar-refractivity contribution in [2.24, 2.45) is 5.92 Å². The van der Waals surface area contributed by atoms with Gasteiger partial charge in [0.2, 0.25) is 0 Å². The molecule has 1 heteroatoms. The number of aliphatic hydroxyl groups is 1. The zero-order valence-corrected chi connectivity index (χ0v) is 6.38. The van der Waals surface area contributed by atoms with Crippen molar-refractivity contribution < 1.29 is 5.11 Å². The Morgan fingerprint density at radius 3 is 3.10 bits per heavy atom. The van der Waals surface area contributed by atoms with Gasteiger partial charge in [0.1, 0.15) is 0 Å².